The maximum atomic E-state index is 13.9. The molecule has 0 aliphatic heterocycles. The van der Waals surface area contributed by atoms with Crippen molar-refractivity contribution in [3.63, 3.8) is 0 Å². The highest BCUT2D eigenvalue weighted by Gasteiger charge is 2.15. The van der Waals surface area contributed by atoms with E-state index < -0.39 is 22.9 Å². The first kappa shape index (κ1) is 13.7. The SMILES string of the molecule is O=c1oc2ccc(F)cc2c(=O)n1-c1ccc(Br)cc1F. The molecule has 21 heavy (non-hydrogen) atoms. The third kappa shape index (κ3) is 2.29. The van der Waals surface area contributed by atoms with Gasteiger partial charge in [0.05, 0.1) is 11.1 Å². The molecule has 3 aromatic rings. The molecular weight excluding hydrogens is 348 g/mol. The number of nitrogens with zero attached hydrogens (tertiary/aromatic N) is 1. The quantitative estimate of drug-likeness (QED) is 0.675. The Bertz CT molecular complexity index is 978. The molecule has 0 aliphatic carbocycles. The summed E-state index contributed by atoms with van der Waals surface area (Å²) in [6.45, 7) is 0. The Hall–Kier alpha value is -2.28. The summed E-state index contributed by atoms with van der Waals surface area (Å²) in [5.74, 6) is -2.48. The molecule has 106 valence electrons. The van der Waals surface area contributed by atoms with E-state index in [0.717, 1.165) is 18.2 Å². The molecule has 0 amide bonds. The normalized spacial score (nSPS) is 11.0. The third-order valence-electron chi connectivity index (χ3n) is 2.91. The number of fused-ring (bicyclic) bond motifs is 1. The molecule has 4 nitrogen and oxygen atoms in total. The molecule has 0 saturated heterocycles. The van der Waals surface area contributed by atoms with Crippen LogP contribution in [0.5, 0.6) is 0 Å². The molecule has 0 spiro atoms. The van der Waals surface area contributed by atoms with Crippen molar-refractivity contribution in [2.24, 2.45) is 0 Å². The molecule has 0 fully saturated rings. The Balaban J connectivity index is 2.43. The highest BCUT2D eigenvalue weighted by molar-refractivity contribution is 9.10. The van der Waals surface area contributed by atoms with Gasteiger partial charge in [0.1, 0.15) is 17.2 Å². The number of hydrogen-bond donors (Lipinski definition) is 0. The van der Waals surface area contributed by atoms with E-state index in [-0.39, 0.29) is 16.7 Å². The molecule has 2 aromatic carbocycles. The van der Waals surface area contributed by atoms with Crippen LogP contribution in [0, 0.1) is 11.6 Å². The van der Waals surface area contributed by atoms with Crippen LogP contribution in [0.4, 0.5) is 8.78 Å². The predicted octanol–water partition coefficient (Wildman–Crippen LogP) is 2.98. The van der Waals surface area contributed by atoms with Crippen molar-refractivity contribution in [2.45, 2.75) is 0 Å². The van der Waals surface area contributed by atoms with Crippen LogP contribution in [0.2, 0.25) is 0 Å². The summed E-state index contributed by atoms with van der Waals surface area (Å²) < 4.78 is 33.1. The smallest absolute Gasteiger partial charge is 0.409 e. The first-order chi connectivity index (χ1) is 9.97. The van der Waals surface area contributed by atoms with Crippen molar-refractivity contribution in [3.8, 4) is 5.69 Å². The summed E-state index contributed by atoms with van der Waals surface area (Å²) in [7, 11) is 0. The van der Waals surface area contributed by atoms with E-state index in [1.54, 1.807) is 0 Å². The van der Waals surface area contributed by atoms with Crippen LogP contribution in [-0.2, 0) is 0 Å². The van der Waals surface area contributed by atoms with Gasteiger partial charge in [-0.1, -0.05) is 15.9 Å². The first-order valence-electron chi connectivity index (χ1n) is 5.78. The van der Waals surface area contributed by atoms with Gasteiger partial charge in [-0.3, -0.25) is 4.79 Å². The second-order valence-electron chi connectivity index (χ2n) is 4.24. The number of rotatable bonds is 1. The lowest BCUT2D eigenvalue weighted by Gasteiger charge is -2.06. The van der Waals surface area contributed by atoms with Crippen LogP contribution in [0.25, 0.3) is 16.7 Å². The Morgan fingerprint density at radius 3 is 2.52 bits per heavy atom. The Kier molecular flexibility index (Phi) is 3.21. The lowest BCUT2D eigenvalue weighted by Crippen LogP contribution is -2.31. The first-order valence-corrected chi connectivity index (χ1v) is 6.57. The van der Waals surface area contributed by atoms with Gasteiger partial charge in [0.2, 0.25) is 0 Å². The fourth-order valence-electron chi connectivity index (χ4n) is 1.97. The van der Waals surface area contributed by atoms with Gasteiger partial charge >= 0.3 is 5.76 Å². The highest BCUT2D eigenvalue weighted by atomic mass is 79.9. The molecular formula is C14H6BrF2NO3. The van der Waals surface area contributed by atoms with Crippen molar-refractivity contribution in [1.82, 2.24) is 4.57 Å². The maximum Gasteiger partial charge on any atom is 0.427 e. The predicted molar refractivity (Wildman–Crippen MR) is 75.7 cm³/mol. The Morgan fingerprint density at radius 2 is 1.81 bits per heavy atom. The second-order valence-corrected chi connectivity index (χ2v) is 5.16. The molecule has 0 atom stereocenters. The lowest BCUT2D eigenvalue weighted by atomic mass is 10.2. The number of benzene rings is 2. The van der Waals surface area contributed by atoms with Gasteiger partial charge in [-0.2, -0.15) is 0 Å². The zero-order valence-electron chi connectivity index (χ0n) is 10.3. The second kappa shape index (κ2) is 4.92. The molecule has 0 radical (unpaired) electrons. The molecule has 0 N–H and O–H groups in total. The summed E-state index contributed by atoms with van der Waals surface area (Å²) in [5, 5.41) is -0.142. The fraction of sp³-hybridized carbons (Fsp3) is 0. The van der Waals surface area contributed by atoms with Gasteiger partial charge in [-0.15, -0.1) is 0 Å². The summed E-state index contributed by atoms with van der Waals surface area (Å²) >= 11 is 3.08. The van der Waals surface area contributed by atoms with E-state index in [9.17, 15) is 18.4 Å². The van der Waals surface area contributed by atoms with Gasteiger partial charge in [-0.25, -0.2) is 18.1 Å². The van der Waals surface area contributed by atoms with Crippen molar-refractivity contribution < 1.29 is 13.2 Å². The van der Waals surface area contributed by atoms with Gasteiger partial charge in [0.15, 0.2) is 0 Å². The average molecular weight is 354 g/mol. The zero-order chi connectivity index (χ0) is 15.1. The number of aromatic nitrogens is 1. The van der Waals surface area contributed by atoms with E-state index >= 15 is 0 Å². The van der Waals surface area contributed by atoms with E-state index in [0.29, 0.717) is 9.04 Å². The van der Waals surface area contributed by atoms with Crippen LogP contribution in [0.1, 0.15) is 0 Å². The van der Waals surface area contributed by atoms with Gasteiger partial charge in [0.25, 0.3) is 5.56 Å². The summed E-state index contributed by atoms with van der Waals surface area (Å²) in [6.07, 6.45) is 0. The Morgan fingerprint density at radius 1 is 1.05 bits per heavy atom. The van der Waals surface area contributed by atoms with Crippen molar-refractivity contribution in [1.29, 1.82) is 0 Å². The van der Waals surface area contributed by atoms with E-state index in [2.05, 4.69) is 15.9 Å². The third-order valence-corrected chi connectivity index (χ3v) is 3.40. The molecule has 0 aliphatic rings. The summed E-state index contributed by atoms with van der Waals surface area (Å²) in [6, 6.07) is 7.01. The molecule has 1 aromatic heterocycles. The largest absolute Gasteiger partial charge is 0.427 e. The monoisotopic (exact) mass is 353 g/mol. The lowest BCUT2D eigenvalue weighted by molar-refractivity contribution is 0.495. The summed E-state index contributed by atoms with van der Waals surface area (Å²) in [5.41, 5.74) is -1.16. The molecule has 3 rings (SSSR count). The average Bonchev–Trinajstić information content (AvgIpc) is 2.42. The van der Waals surface area contributed by atoms with E-state index in [4.69, 9.17) is 4.42 Å². The topological polar surface area (TPSA) is 52.2 Å². The molecule has 0 bridgehead atoms. The van der Waals surface area contributed by atoms with Crippen LogP contribution >= 0.6 is 15.9 Å². The highest BCUT2D eigenvalue weighted by Crippen LogP contribution is 2.18. The van der Waals surface area contributed by atoms with Crippen molar-refractivity contribution >= 4 is 26.9 Å². The van der Waals surface area contributed by atoms with Gasteiger partial charge < -0.3 is 4.42 Å². The molecule has 0 unspecified atom stereocenters. The zero-order valence-corrected chi connectivity index (χ0v) is 11.9. The molecule has 1 heterocycles. The Labute approximate surface area is 124 Å². The van der Waals surface area contributed by atoms with Crippen LogP contribution in [0.15, 0.2) is 54.9 Å². The van der Waals surface area contributed by atoms with Crippen LogP contribution in [0.3, 0.4) is 0 Å². The summed E-state index contributed by atoms with van der Waals surface area (Å²) in [4.78, 5) is 24.2. The van der Waals surface area contributed by atoms with Crippen molar-refractivity contribution in [2.75, 3.05) is 0 Å². The molecule has 0 saturated carbocycles. The standard InChI is InChI=1S/C14H6BrF2NO3/c15-7-1-3-11(10(17)5-7)18-13(19)9-6-8(16)2-4-12(9)21-14(18)20/h1-6H. The number of halogens is 3. The minimum atomic E-state index is -1.04. The van der Waals surface area contributed by atoms with Crippen LogP contribution < -0.4 is 11.3 Å². The number of hydrogen-bond acceptors (Lipinski definition) is 3. The minimum Gasteiger partial charge on any atom is -0.409 e. The maximum absolute atomic E-state index is 13.9. The van der Waals surface area contributed by atoms with E-state index in [1.807, 2.05) is 0 Å². The van der Waals surface area contributed by atoms with Gasteiger partial charge in [0, 0.05) is 4.47 Å². The van der Waals surface area contributed by atoms with Gasteiger partial charge in [-0.05, 0) is 36.4 Å². The van der Waals surface area contributed by atoms with Crippen molar-refractivity contribution in [3.05, 3.63) is 73.4 Å². The minimum absolute atomic E-state index is 0.0554. The van der Waals surface area contributed by atoms with Crippen LogP contribution in [-0.4, -0.2) is 4.57 Å². The van der Waals surface area contributed by atoms with E-state index in [1.165, 1.54) is 18.2 Å². The molecule has 7 heteroatoms. The fourth-order valence-corrected chi connectivity index (χ4v) is 2.30.